The highest BCUT2D eigenvalue weighted by Crippen LogP contribution is 2.51. The Hall–Kier alpha value is -0.610. The van der Waals surface area contributed by atoms with Crippen molar-refractivity contribution in [2.75, 3.05) is 20.2 Å². The summed E-state index contributed by atoms with van der Waals surface area (Å²) in [6.45, 7) is 8.33. The molecule has 1 saturated heterocycles. The lowest BCUT2D eigenvalue weighted by molar-refractivity contribution is -0.183. The lowest BCUT2D eigenvalue weighted by Gasteiger charge is -2.59. The van der Waals surface area contributed by atoms with Gasteiger partial charge in [0.25, 0.3) is 0 Å². The maximum Gasteiger partial charge on any atom is 0.224 e. The first-order chi connectivity index (χ1) is 8.40. The third-order valence-electron chi connectivity index (χ3n) is 5.26. The van der Waals surface area contributed by atoms with Crippen molar-refractivity contribution in [3.8, 4) is 0 Å². The molecule has 2 aliphatic rings. The molecule has 2 rings (SSSR count). The molecule has 0 spiro atoms. The highest BCUT2D eigenvalue weighted by Gasteiger charge is 2.58. The molecule has 3 atom stereocenters. The standard InChI is InChI=1S/C14H26N2O2/c1-13(2)11(8-14(13,3)18-4)16-12(17)10-6-5-7-15-9-10/h10-11,15H,5-9H2,1-4H3,(H,16,17). The molecule has 4 nitrogen and oxygen atoms in total. The van der Waals surface area contributed by atoms with E-state index in [1.807, 2.05) is 0 Å². The van der Waals surface area contributed by atoms with Crippen LogP contribution in [0, 0.1) is 11.3 Å². The van der Waals surface area contributed by atoms with Crippen LogP contribution in [-0.4, -0.2) is 37.7 Å². The second kappa shape index (κ2) is 4.82. The van der Waals surface area contributed by atoms with Crippen LogP contribution in [-0.2, 0) is 9.53 Å². The van der Waals surface area contributed by atoms with Crippen molar-refractivity contribution in [2.24, 2.45) is 11.3 Å². The van der Waals surface area contributed by atoms with Crippen LogP contribution in [0.3, 0.4) is 0 Å². The molecule has 2 N–H and O–H groups in total. The minimum Gasteiger partial charge on any atom is -0.378 e. The Labute approximate surface area is 110 Å². The summed E-state index contributed by atoms with van der Waals surface area (Å²) in [7, 11) is 1.75. The topological polar surface area (TPSA) is 50.4 Å². The van der Waals surface area contributed by atoms with E-state index in [1.54, 1.807) is 7.11 Å². The number of carbonyl (C=O) groups is 1. The molecule has 1 aliphatic heterocycles. The van der Waals surface area contributed by atoms with E-state index in [4.69, 9.17) is 4.74 Å². The molecule has 0 aromatic heterocycles. The van der Waals surface area contributed by atoms with Gasteiger partial charge in [-0.3, -0.25) is 4.79 Å². The number of rotatable bonds is 3. The van der Waals surface area contributed by atoms with Crippen LogP contribution in [0.2, 0.25) is 0 Å². The van der Waals surface area contributed by atoms with Gasteiger partial charge in [0.05, 0.1) is 11.5 Å². The second-order valence-electron chi connectivity index (χ2n) is 6.47. The molecular weight excluding hydrogens is 228 g/mol. The number of methoxy groups -OCH3 is 1. The predicted molar refractivity (Wildman–Crippen MR) is 71.3 cm³/mol. The quantitative estimate of drug-likeness (QED) is 0.798. The Morgan fingerprint density at radius 1 is 1.39 bits per heavy atom. The fraction of sp³-hybridized carbons (Fsp3) is 0.929. The number of piperidine rings is 1. The van der Waals surface area contributed by atoms with Gasteiger partial charge in [-0.2, -0.15) is 0 Å². The largest absolute Gasteiger partial charge is 0.378 e. The summed E-state index contributed by atoms with van der Waals surface area (Å²) < 4.78 is 5.58. The Balaban J connectivity index is 1.89. The van der Waals surface area contributed by atoms with Crippen molar-refractivity contribution in [1.82, 2.24) is 10.6 Å². The highest BCUT2D eigenvalue weighted by atomic mass is 16.5. The first-order valence-electron chi connectivity index (χ1n) is 6.97. The number of nitrogens with one attached hydrogen (secondary N) is 2. The molecule has 2 fully saturated rings. The van der Waals surface area contributed by atoms with E-state index < -0.39 is 0 Å². The number of ether oxygens (including phenoxy) is 1. The third-order valence-corrected chi connectivity index (χ3v) is 5.26. The van der Waals surface area contributed by atoms with E-state index in [0.29, 0.717) is 0 Å². The van der Waals surface area contributed by atoms with Crippen LogP contribution < -0.4 is 10.6 Å². The Morgan fingerprint density at radius 3 is 2.61 bits per heavy atom. The van der Waals surface area contributed by atoms with Crippen molar-refractivity contribution in [3.63, 3.8) is 0 Å². The van der Waals surface area contributed by atoms with E-state index in [2.05, 4.69) is 31.4 Å². The zero-order valence-electron chi connectivity index (χ0n) is 12.0. The van der Waals surface area contributed by atoms with Gasteiger partial charge in [-0.15, -0.1) is 0 Å². The van der Waals surface area contributed by atoms with Gasteiger partial charge in [-0.05, 0) is 32.7 Å². The number of hydrogen-bond acceptors (Lipinski definition) is 3. The van der Waals surface area contributed by atoms with Crippen LogP contribution in [0.25, 0.3) is 0 Å². The smallest absolute Gasteiger partial charge is 0.224 e. The summed E-state index contributed by atoms with van der Waals surface area (Å²) in [4.78, 5) is 12.2. The van der Waals surface area contributed by atoms with Gasteiger partial charge >= 0.3 is 0 Å². The predicted octanol–water partition coefficient (Wildman–Crippen LogP) is 1.31. The van der Waals surface area contributed by atoms with Gasteiger partial charge in [-0.1, -0.05) is 13.8 Å². The molecule has 104 valence electrons. The van der Waals surface area contributed by atoms with Crippen LogP contribution in [0.5, 0.6) is 0 Å². The molecule has 0 bridgehead atoms. The summed E-state index contributed by atoms with van der Waals surface area (Å²) in [5, 5.41) is 6.49. The molecule has 0 radical (unpaired) electrons. The Morgan fingerprint density at radius 2 is 2.11 bits per heavy atom. The lowest BCUT2D eigenvalue weighted by Crippen LogP contribution is -2.69. The van der Waals surface area contributed by atoms with Crippen LogP contribution in [0.1, 0.15) is 40.0 Å². The summed E-state index contributed by atoms with van der Waals surface area (Å²) in [5.41, 5.74) is -0.116. The Kier molecular flexibility index (Phi) is 3.70. The minimum absolute atomic E-state index is 0.000491. The second-order valence-corrected chi connectivity index (χ2v) is 6.47. The SMILES string of the molecule is COC1(C)CC(NC(=O)C2CCCNC2)C1(C)C. The van der Waals surface area contributed by atoms with Crippen LogP contribution >= 0.6 is 0 Å². The Bertz CT molecular complexity index is 324. The molecule has 1 aliphatic carbocycles. The fourth-order valence-corrected chi connectivity index (χ4v) is 3.09. The van der Waals surface area contributed by atoms with Crippen molar-refractivity contribution < 1.29 is 9.53 Å². The normalized spacial score (nSPS) is 38.9. The monoisotopic (exact) mass is 254 g/mol. The molecule has 0 aromatic rings. The average Bonchev–Trinajstić information content (AvgIpc) is 2.38. The molecule has 0 aromatic carbocycles. The molecular formula is C14H26N2O2. The highest BCUT2D eigenvalue weighted by molar-refractivity contribution is 5.79. The zero-order chi connectivity index (χ0) is 13.4. The van der Waals surface area contributed by atoms with Crippen molar-refractivity contribution in [1.29, 1.82) is 0 Å². The molecule has 4 heteroatoms. The number of amides is 1. The van der Waals surface area contributed by atoms with Gasteiger partial charge in [-0.25, -0.2) is 0 Å². The van der Waals surface area contributed by atoms with E-state index in [0.717, 1.165) is 32.4 Å². The number of carbonyl (C=O) groups excluding carboxylic acids is 1. The molecule has 1 heterocycles. The fourth-order valence-electron chi connectivity index (χ4n) is 3.09. The summed E-state index contributed by atoms with van der Waals surface area (Å²) in [5.74, 6) is 0.349. The molecule has 1 saturated carbocycles. The van der Waals surface area contributed by atoms with Gasteiger partial charge < -0.3 is 15.4 Å². The van der Waals surface area contributed by atoms with E-state index in [1.165, 1.54) is 0 Å². The lowest BCUT2D eigenvalue weighted by atomic mass is 9.55. The van der Waals surface area contributed by atoms with Crippen LogP contribution in [0.15, 0.2) is 0 Å². The average molecular weight is 254 g/mol. The first kappa shape index (κ1) is 13.8. The molecule has 18 heavy (non-hydrogen) atoms. The maximum atomic E-state index is 12.2. The number of hydrogen-bond donors (Lipinski definition) is 2. The van der Waals surface area contributed by atoms with Crippen molar-refractivity contribution in [3.05, 3.63) is 0 Å². The summed E-state index contributed by atoms with van der Waals surface area (Å²) in [6, 6.07) is 0.233. The van der Waals surface area contributed by atoms with E-state index in [9.17, 15) is 4.79 Å². The molecule has 1 amide bonds. The first-order valence-corrected chi connectivity index (χ1v) is 6.97. The van der Waals surface area contributed by atoms with Gasteiger partial charge in [0.1, 0.15) is 0 Å². The van der Waals surface area contributed by atoms with Crippen molar-refractivity contribution in [2.45, 2.75) is 51.7 Å². The van der Waals surface area contributed by atoms with Crippen molar-refractivity contribution >= 4 is 5.91 Å². The van der Waals surface area contributed by atoms with Gasteiger partial charge in [0.2, 0.25) is 5.91 Å². The van der Waals surface area contributed by atoms with E-state index in [-0.39, 0.29) is 28.9 Å². The maximum absolute atomic E-state index is 12.2. The summed E-state index contributed by atoms with van der Waals surface area (Å²) >= 11 is 0. The van der Waals surface area contributed by atoms with Gasteiger partial charge in [0, 0.05) is 25.1 Å². The summed E-state index contributed by atoms with van der Waals surface area (Å²) in [6.07, 6.45) is 3.01. The zero-order valence-corrected chi connectivity index (χ0v) is 12.0. The molecule has 3 unspecified atom stereocenters. The van der Waals surface area contributed by atoms with E-state index >= 15 is 0 Å². The minimum atomic E-state index is -0.115. The van der Waals surface area contributed by atoms with Gasteiger partial charge in [0.15, 0.2) is 0 Å². The third kappa shape index (κ3) is 2.16. The van der Waals surface area contributed by atoms with Crippen LogP contribution in [0.4, 0.5) is 0 Å².